The Morgan fingerprint density at radius 2 is 1.73 bits per heavy atom. The maximum absolute atomic E-state index is 12.5. The molecule has 0 saturated heterocycles. The molecule has 0 aromatic heterocycles. The zero-order chi connectivity index (χ0) is 15.5. The Kier molecular flexibility index (Phi) is 4.05. The number of anilines is 1. The van der Waals surface area contributed by atoms with Crippen LogP contribution in [0.5, 0.6) is 0 Å². The maximum atomic E-state index is 12.5. The Balaban J connectivity index is 1.99. The number of benzodiazepines with no additional fused rings is 1. The van der Waals surface area contributed by atoms with Gasteiger partial charge in [0, 0.05) is 23.4 Å². The van der Waals surface area contributed by atoms with Gasteiger partial charge in [0.15, 0.2) is 0 Å². The topological polar surface area (TPSA) is 41.5 Å². The lowest BCUT2D eigenvalue weighted by Gasteiger charge is -2.13. The minimum atomic E-state index is -0.382. The SMILES string of the molecule is CC(C)C1=N[C@@H](Cc2ccccc2)C(=O)Nc2ccccc21. The lowest BCUT2D eigenvalue weighted by molar-refractivity contribution is -0.117. The molecule has 112 valence electrons. The molecule has 3 heteroatoms. The largest absolute Gasteiger partial charge is 0.324 e. The summed E-state index contributed by atoms with van der Waals surface area (Å²) in [7, 11) is 0. The minimum Gasteiger partial charge on any atom is -0.324 e. The van der Waals surface area contributed by atoms with Crippen molar-refractivity contribution in [1.82, 2.24) is 0 Å². The van der Waals surface area contributed by atoms with E-state index in [0.29, 0.717) is 6.42 Å². The fraction of sp³-hybridized carbons (Fsp3) is 0.263. The second-order valence-electron chi connectivity index (χ2n) is 5.91. The first-order valence-corrected chi connectivity index (χ1v) is 7.67. The van der Waals surface area contributed by atoms with Crippen molar-refractivity contribution in [3.8, 4) is 0 Å². The second-order valence-corrected chi connectivity index (χ2v) is 5.91. The Morgan fingerprint density at radius 3 is 2.45 bits per heavy atom. The van der Waals surface area contributed by atoms with E-state index in [9.17, 15) is 4.79 Å². The van der Waals surface area contributed by atoms with Gasteiger partial charge < -0.3 is 5.32 Å². The molecule has 1 aliphatic heterocycles. The van der Waals surface area contributed by atoms with Gasteiger partial charge in [-0.05, 0) is 17.5 Å². The van der Waals surface area contributed by atoms with Crippen molar-refractivity contribution in [3.05, 3.63) is 65.7 Å². The molecule has 1 N–H and O–H groups in total. The van der Waals surface area contributed by atoms with Crippen LogP contribution in [0, 0.1) is 5.92 Å². The number of amides is 1. The van der Waals surface area contributed by atoms with Crippen molar-refractivity contribution in [2.75, 3.05) is 5.32 Å². The van der Waals surface area contributed by atoms with Gasteiger partial charge in [-0.2, -0.15) is 0 Å². The van der Waals surface area contributed by atoms with Gasteiger partial charge in [-0.1, -0.05) is 62.4 Å². The third-order valence-corrected chi connectivity index (χ3v) is 3.88. The molecule has 22 heavy (non-hydrogen) atoms. The summed E-state index contributed by atoms with van der Waals surface area (Å²) in [5.74, 6) is 0.235. The number of carbonyl (C=O) groups is 1. The van der Waals surface area contributed by atoms with E-state index in [1.165, 1.54) is 0 Å². The highest BCUT2D eigenvalue weighted by Crippen LogP contribution is 2.24. The molecule has 0 bridgehead atoms. The molecule has 2 aromatic carbocycles. The highest BCUT2D eigenvalue weighted by Gasteiger charge is 2.26. The van der Waals surface area contributed by atoms with E-state index in [4.69, 9.17) is 4.99 Å². The number of hydrogen-bond donors (Lipinski definition) is 1. The van der Waals surface area contributed by atoms with Crippen molar-refractivity contribution in [2.45, 2.75) is 26.3 Å². The quantitative estimate of drug-likeness (QED) is 0.921. The van der Waals surface area contributed by atoms with Crippen LogP contribution < -0.4 is 5.32 Å². The number of carbonyl (C=O) groups excluding carboxylic acids is 1. The van der Waals surface area contributed by atoms with E-state index in [1.54, 1.807) is 0 Å². The highest BCUT2D eigenvalue weighted by atomic mass is 16.2. The zero-order valence-corrected chi connectivity index (χ0v) is 12.9. The fourth-order valence-electron chi connectivity index (χ4n) is 2.76. The number of nitrogens with one attached hydrogen (secondary N) is 1. The van der Waals surface area contributed by atoms with E-state index < -0.39 is 0 Å². The second kappa shape index (κ2) is 6.14. The molecule has 3 nitrogen and oxygen atoms in total. The summed E-state index contributed by atoms with van der Waals surface area (Å²) in [5, 5.41) is 3.02. The number of fused-ring (bicyclic) bond motifs is 1. The number of para-hydroxylation sites is 1. The molecule has 0 radical (unpaired) electrons. The predicted molar refractivity (Wildman–Crippen MR) is 90.4 cm³/mol. The van der Waals surface area contributed by atoms with Gasteiger partial charge >= 0.3 is 0 Å². The first-order chi connectivity index (χ1) is 10.6. The Hall–Kier alpha value is -2.42. The number of nitrogens with zero attached hydrogens (tertiary/aromatic N) is 1. The third kappa shape index (κ3) is 2.93. The minimum absolute atomic E-state index is 0.0352. The average Bonchev–Trinajstić information content (AvgIpc) is 2.66. The molecule has 0 unspecified atom stereocenters. The number of rotatable bonds is 3. The standard InChI is InChI=1S/C19H20N2O/c1-13(2)18-15-10-6-7-11-16(15)21-19(22)17(20-18)12-14-8-4-3-5-9-14/h3-11,13,17H,12H2,1-2H3,(H,21,22)/t17-/m0/s1. The average molecular weight is 292 g/mol. The van der Waals surface area contributed by atoms with Crippen molar-refractivity contribution >= 4 is 17.3 Å². The molecule has 0 aliphatic carbocycles. The maximum Gasteiger partial charge on any atom is 0.249 e. The third-order valence-electron chi connectivity index (χ3n) is 3.88. The van der Waals surface area contributed by atoms with Crippen LogP contribution in [0.3, 0.4) is 0 Å². The Bertz CT molecular complexity index is 704. The van der Waals surface area contributed by atoms with Crippen LogP contribution in [-0.2, 0) is 11.2 Å². The van der Waals surface area contributed by atoms with Crippen LogP contribution in [0.4, 0.5) is 5.69 Å². The smallest absolute Gasteiger partial charge is 0.249 e. The first-order valence-electron chi connectivity index (χ1n) is 7.67. The molecule has 1 atom stereocenters. The number of hydrogen-bond acceptors (Lipinski definition) is 2. The van der Waals surface area contributed by atoms with Gasteiger partial charge in [-0.15, -0.1) is 0 Å². The summed E-state index contributed by atoms with van der Waals surface area (Å²) < 4.78 is 0. The van der Waals surface area contributed by atoms with E-state index in [-0.39, 0.29) is 17.9 Å². The normalized spacial score (nSPS) is 17.5. The monoisotopic (exact) mass is 292 g/mol. The van der Waals surface area contributed by atoms with Crippen molar-refractivity contribution < 1.29 is 4.79 Å². The van der Waals surface area contributed by atoms with Crippen LogP contribution in [0.2, 0.25) is 0 Å². The first kappa shape index (κ1) is 14.5. The molecule has 1 amide bonds. The number of aliphatic imine (C=N–C) groups is 1. The summed E-state index contributed by atoms with van der Waals surface area (Å²) >= 11 is 0. The molecule has 2 aromatic rings. The van der Waals surface area contributed by atoms with Gasteiger partial charge in [-0.25, -0.2) is 0 Å². The number of benzene rings is 2. The van der Waals surface area contributed by atoms with E-state index in [2.05, 4.69) is 19.2 Å². The summed E-state index contributed by atoms with van der Waals surface area (Å²) in [5.41, 5.74) is 4.01. The van der Waals surface area contributed by atoms with Crippen LogP contribution in [0.25, 0.3) is 0 Å². The Morgan fingerprint density at radius 1 is 1.05 bits per heavy atom. The lowest BCUT2D eigenvalue weighted by atomic mass is 9.98. The molecule has 1 heterocycles. The molecular formula is C19H20N2O. The van der Waals surface area contributed by atoms with Gasteiger partial charge in [0.05, 0.1) is 0 Å². The Labute approximate surface area is 131 Å². The fourth-order valence-corrected chi connectivity index (χ4v) is 2.76. The van der Waals surface area contributed by atoms with E-state index in [1.807, 2.05) is 54.6 Å². The van der Waals surface area contributed by atoms with Crippen molar-refractivity contribution in [1.29, 1.82) is 0 Å². The summed E-state index contributed by atoms with van der Waals surface area (Å²) in [4.78, 5) is 17.3. The zero-order valence-electron chi connectivity index (χ0n) is 12.9. The van der Waals surface area contributed by atoms with Gasteiger partial charge in [0.1, 0.15) is 6.04 Å². The molecule has 0 spiro atoms. The summed E-state index contributed by atoms with van der Waals surface area (Å²) in [6.45, 7) is 4.23. The van der Waals surface area contributed by atoms with Gasteiger partial charge in [0.2, 0.25) is 5.91 Å². The molecule has 3 rings (SSSR count). The van der Waals surface area contributed by atoms with Crippen LogP contribution in [0.15, 0.2) is 59.6 Å². The highest BCUT2D eigenvalue weighted by molar-refractivity contribution is 6.12. The van der Waals surface area contributed by atoms with Crippen LogP contribution in [0.1, 0.15) is 25.0 Å². The molecule has 0 saturated carbocycles. The van der Waals surface area contributed by atoms with E-state index in [0.717, 1.165) is 22.5 Å². The lowest BCUT2D eigenvalue weighted by Crippen LogP contribution is -2.27. The van der Waals surface area contributed by atoms with Crippen LogP contribution in [-0.4, -0.2) is 17.7 Å². The predicted octanol–water partition coefficient (Wildman–Crippen LogP) is 3.70. The van der Waals surface area contributed by atoms with Crippen molar-refractivity contribution in [3.63, 3.8) is 0 Å². The molecular weight excluding hydrogens is 272 g/mol. The molecule has 1 aliphatic rings. The van der Waals surface area contributed by atoms with Gasteiger partial charge in [0.25, 0.3) is 0 Å². The summed E-state index contributed by atoms with van der Waals surface area (Å²) in [6, 6.07) is 17.6. The van der Waals surface area contributed by atoms with E-state index >= 15 is 0 Å². The van der Waals surface area contributed by atoms with Crippen molar-refractivity contribution in [2.24, 2.45) is 10.9 Å². The summed E-state index contributed by atoms with van der Waals surface area (Å²) in [6.07, 6.45) is 0.622. The van der Waals surface area contributed by atoms with Crippen LogP contribution >= 0.6 is 0 Å². The van der Waals surface area contributed by atoms with Gasteiger partial charge in [-0.3, -0.25) is 9.79 Å². The molecule has 0 fully saturated rings.